The van der Waals surface area contributed by atoms with E-state index in [-0.39, 0.29) is 5.69 Å². The Bertz CT molecular complexity index is 1280. The third-order valence-corrected chi connectivity index (χ3v) is 4.56. The third-order valence-electron chi connectivity index (χ3n) is 4.56. The van der Waals surface area contributed by atoms with Gasteiger partial charge in [0.2, 0.25) is 0 Å². The predicted octanol–water partition coefficient (Wildman–Crippen LogP) is 4.16. The van der Waals surface area contributed by atoms with Crippen molar-refractivity contribution in [2.75, 3.05) is 5.32 Å². The minimum absolute atomic E-state index is 0.197. The van der Waals surface area contributed by atoms with E-state index >= 15 is 0 Å². The number of aliphatic hydroxyl groups is 1. The van der Waals surface area contributed by atoms with E-state index in [9.17, 15) is 15.2 Å². The van der Waals surface area contributed by atoms with Crippen LogP contribution in [-0.4, -0.2) is 20.8 Å². The number of rotatable bonds is 3. The molecule has 3 aromatic carbocycles. The molecular weight excluding hydrogens is 352 g/mol. The molecule has 1 amide bonds. The third kappa shape index (κ3) is 2.85. The lowest BCUT2D eigenvalue weighted by atomic mass is 10.0. The van der Waals surface area contributed by atoms with Crippen molar-refractivity contribution >= 4 is 39.0 Å². The zero-order chi connectivity index (χ0) is 19.7. The summed E-state index contributed by atoms with van der Waals surface area (Å²) in [6.45, 7) is 0. The summed E-state index contributed by atoms with van der Waals surface area (Å²) in [4.78, 5) is 12.5. The highest BCUT2D eigenvalue weighted by molar-refractivity contribution is 6.13. The van der Waals surface area contributed by atoms with Crippen molar-refractivity contribution in [1.29, 1.82) is 5.26 Å². The number of aromatic nitrogens is 2. The van der Waals surface area contributed by atoms with Gasteiger partial charge in [0.15, 0.2) is 11.3 Å². The Morgan fingerprint density at radius 3 is 2.50 bits per heavy atom. The molecule has 0 saturated heterocycles. The average molecular weight is 368 g/mol. The number of aliphatic hydroxyl groups excluding tert-OH is 1. The van der Waals surface area contributed by atoms with E-state index in [1.54, 1.807) is 42.1 Å². The van der Waals surface area contributed by atoms with Gasteiger partial charge in [-0.3, -0.25) is 9.48 Å². The van der Waals surface area contributed by atoms with Gasteiger partial charge >= 0.3 is 0 Å². The van der Waals surface area contributed by atoms with Gasteiger partial charge in [-0.05, 0) is 23.6 Å². The Balaban J connectivity index is 1.84. The van der Waals surface area contributed by atoms with Crippen molar-refractivity contribution in [3.63, 3.8) is 0 Å². The molecule has 1 aromatic heterocycles. The van der Waals surface area contributed by atoms with Crippen LogP contribution >= 0.6 is 0 Å². The standard InChI is InChI=1S/C22H16N4O2/c1-26-20-16-10-6-5-7-14(16)11-12-17(20)19(25-26)21(27)18(13-23)22(28)24-15-8-3-2-4-9-15/h2-12,27H,1H3,(H,24,28). The average Bonchev–Trinajstić information content (AvgIpc) is 3.06. The number of nitriles is 1. The summed E-state index contributed by atoms with van der Waals surface area (Å²) < 4.78 is 1.65. The number of nitrogens with one attached hydrogen (secondary N) is 1. The van der Waals surface area contributed by atoms with E-state index in [4.69, 9.17) is 0 Å². The van der Waals surface area contributed by atoms with Crippen molar-refractivity contribution in [1.82, 2.24) is 9.78 Å². The van der Waals surface area contributed by atoms with Crippen LogP contribution in [-0.2, 0) is 11.8 Å². The summed E-state index contributed by atoms with van der Waals surface area (Å²) in [6.07, 6.45) is 0. The number of para-hydroxylation sites is 1. The lowest BCUT2D eigenvalue weighted by Crippen LogP contribution is -2.15. The summed E-state index contributed by atoms with van der Waals surface area (Å²) in [5.41, 5.74) is 1.16. The highest BCUT2D eigenvalue weighted by Crippen LogP contribution is 2.30. The molecule has 136 valence electrons. The van der Waals surface area contributed by atoms with Crippen molar-refractivity contribution in [2.45, 2.75) is 0 Å². The first-order chi connectivity index (χ1) is 13.6. The van der Waals surface area contributed by atoms with Gasteiger partial charge in [0.1, 0.15) is 11.8 Å². The van der Waals surface area contributed by atoms with E-state index in [0.717, 1.165) is 16.3 Å². The minimum Gasteiger partial charge on any atom is -0.504 e. The van der Waals surface area contributed by atoms with E-state index in [2.05, 4.69) is 10.4 Å². The van der Waals surface area contributed by atoms with Crippen molar-refractivity contribution in [3.8, 4) is 6.07 Å². The smallest absolute Gasteiger partial charge is 0.270 e. The fourth-order valence-electron chi connectivity index (χ4n) is 3.27. The molecule has 0 aliphatic carbocycles. The number of carbonyl (C=O) groups excluding carboxylic acids is 1. The van der Waals surface area contributed by atoms with Gasteiger partial charge < -0.3 is 10.4 Å². The number of fused-ring (bicyclic) bond motifs is 3. The normalized spacial score (nSPS) is 11.9. The van der Waals surface area contributed by atoms with Crippen LogP contribution in [0.3, 0.4) is 0 Å². The molecule has 4 aromatic rings. The summed E-state index contributed by atoms with van der Waals surface area (Å²) in [5.74, 6) is -1.14. The topological polar surface area (TPSA) is 90.9 Å². The second kappa shape index (κ2) is 6.89. The first kappa shape index (κ1) is 17.3. The van der Waals surface area contributed by atoms with Crippen molar-refractivity contribution < 1.29 is 9.90 Å². The maximum absolute atomic E-state index is 12.5. The Morgan fingerprint density at radius 2 is 1.75 bits per heavy atom. The molecule has 4 rings (SSSR count). The first-order valence-corrected chi connectivity index (χ1v) is 8.64. The van der Waals surface area contributed by atoms with Crippen LogP contribution < -0.4 is 5.32 Å². The van der Waals surface area contributed by atoms with Gasteiger partial charge in [-0.1, -0.05) is 48.5 Å². The molecule has 0 fully saturated rings. The zero-order valence-electron chi connectivity index (χ0n) is 15.0. The van der Waals surface area contributed by atoms with Crippen LogP contribution in [0, 0.1) is 11.3 Å². The van der Waals surface area contributed by atoms with E-state index < -0.39 is 17.2 Å². The van der Waals surface area contributed by atoms with Crippen LogP contribution in [0.1, 0.15) is 5.69 Å². The maximum atomic E-state index is 12.5. The summed E-state index contributed by atoms with van der Waals surface area (Å²) in [6, 6.07) is 22.1. The lowest BCUT2D eigenvalue weighted by molar-refractivity contribution is -0.112. The Kier molecular flexibility index (Phi) is 4.26. The SMILES string of the molecule is Cn1nc(C(O)=C(C#N)C(=O)Nc2ccccc2)c2ccc3ccccc3c21. The van der Waals surface area contributed by atoms with Gasteiger partial charge in [-0.15, -0.1) is 0 Å². The van der Waals surface area contributed by atoms with Gasteiger partial charge in [-0.2, -0.15) is 10.4 Å². The number of nitrogens with zero attached hydrogens (tertiary/aromatic N) is 3. The summed E-state index contributed by atoms with van der Waals surface area (Å²) in [5, 5.41) is 29.9. The van der Waals surface area contributed by atoms with Gasteiger partial charge in [0.25, 0.3) is 5.91 Å². The second-order valence-corrected chi connectivity index (χ2v) is 6.31. The molecular formula is C22H16N4O2. The summed E-state index contributed by atoms with van der Waals surface area (Å²) >= 11 is 0. The molecule has 0 spiro atoms. The number of benzene rings is 3. The van der Waals surface area contributed by atoms with E-state index in [0.29, 0.717) is 11.1 Å². The van der Waals surface area contributed by atoms with Gasteiger partial charge in [0.05, 0.1) is 5.52 Å². The van der Waals surface area contributed by atoms with Crippen LogP contribution in [0.2, 0.25) is 0 Å². The van der Waals surface area contributed by atoms with Crippen LogP contribution in [0.4, 0.5) is 5.69 Å². The second-order valence-electron chi connectivity index (χ2n) is 6.31. The van der Waals surface area contributed by atoms with Crippen LogP contribution in [0.5, 0.6) is 0 Å². The molecule has 0 aliphatic heterocycles. The fraction of sp³-hybridized carbons (Fsp3) is 0.0455. The van der Waals surface area contributed by atoms with Crippen LogP contribution in [0.25, 0.3) is 27.4 Å². The molecule has 1 heterocycles. The van der Waals surface area contributed by atoms with Crippen molar-refractivity contribution in [2.24, 2.45) is 7.05 Å². The molecule has 2 N–H and O–H groups in total. The zero-order valence-corrected chi connectivity index (χ0v) is 15.0. The number of anilines is 1. The maximum Gasteiger partial charge on any atom is 0.270 e. The molecule has 6 heteroatoms. The molecule has 0 unspecified atom stereocenters. The lowest BCUT2D eigenvalue weighted by Gasteiger charge is -2.05. The number of amides is 1. The molecule has 0 saturated carbocycles. The summed E-state index contributed by atoms with van der Waals surface area (Å²) in [7, 11) is 1.77. The number of carbonyl (C=O) groups is 1. The Morgan fingerprint density at radius 1 is 1.04 bits per heavy atom. The number of hydrogen-bond donors (Lipinski definition) is 2. The predicted molar refractivity (Wildman–Crippen MR) is 108 cm³/mol. The largest absolute Gasteiger partial charge is 0.504 e. The fourth-order valence-corrected chi connectivity index (χ4v) is 3.27. The first-order valence-electron chi connectivity index (χ1n) is 8.64. The molecule has 0 bridgehead atoms. The number of hydrogen-bond acceptors (Lipinski definition) is 4. The monoisotopic (exact) mass is 368 g/mol. The molecule has 0 radical (unpaired) electrons. The Hall–Kier alpha value is -4.11. The molecule has 28 heavy (non-hydrogen) atoms. The quantitative estimate of drug-likeness (QED) is 0.323. The van der Waals surface area contributed by atoms with Gasteiger partial charge in [-0.25, -0.2) is 0 Å². The van der Waals surface area contributed by atoms with Crippen molar-refractivity contribution in [3.05, 3.63) is 78.0 Å². The number of aryl methyl sites for hydroxylation is 1. The molecule has 0 aliphatic rings. The Labute approximate surface area is 160 Å². The molecule has 0 atom stereocenters. The highest BCUT2D eigenvalue weighted by Gasteiger charge is 2.22. The van der Waals surface area contributed by atoms with E-state index in [1.807, 2.05) is 42.5 Å². The minimum atomic E-state index is -0.689. The highest BCUT2D eigenvalue weighted by atomic mass is 16.3. The van der Waals surface area contributed by atoms with Gasteiger partial charge in [0, 0.05) is 23.5 Å². The van der Waals surface area contributed by atoms with E-state index in [1.165, 1.54) is 0 Å². The molecule has 6 nitrogen and oxygen atoms in total. The van der Waals surface area contributed by atoms with Crippen LogP contribution in [0.15, 0.2) is 72.3 Å².